The van der Waals surface area contributed by atoms with Crippen LogP contribution < -0.4 is 10.4 Å². The third-order valence-corrected chi connectivity index (χ3v) is 8.72. The first-order valence-corrected chi connectivity index (χ1v) is 21.1. The summed E-state index contributed by atoms with van der Waals surface area (Å²) >= 11 is -0.826. The number of rotatable bonds is 4. The molecule has 0 bridgehead atoms. The molecule has 1 heterocycles. The molecule has 200 valence electrons. The molecule has 6 aromatic carbocycles. The van der Waals surface area contributed by atoms with Crippen molar-refractivity contribution < 1.29 is 20.8 Å². The smallest absolute Gasteiger partial charge is 0.0920 e. The second kappa shape index (κ2) is 14.5. The molecule has 41 heavy (non-hydrogen) atoms. The predicted molar refractivity (Wildman–Crippen MR) is 177 cm³/mol. The van der Waals surface area contributed by atoms with Crippen LogP contribution in [-0.2, 0) is 27.3 Å². The van der Waals surface area contributed by atoms with Gasteiger partial charge in [-0.25, -0.2) is 0 Å². The molecule has 1 aliphatic rings. The Kier molecular flexibility index (Phi) is 10.6. The molecule has 6 aromatic rings. The summed E-state index contributed by atoms with van der Waals surface area (Å²) in [5, 5.41) is 5.53. The molecule has 0 amide bonds. The first-order chi connectivity index (χ1) is 20.1. The molecule has 0 saturated carbocycles. The molecule has 0 aromatic heterocycles. The molecular formula is C37H30Cl2SiZr. The average molecular weight is 665 g/mol. The van der Waals surface area contributed by atoms with Crippen molar-refractivity contribution in [3.8, 4) is 33.4 Å². The van der Waals surface area contributed by atoms with E-state index in [0.29, 0.717) is 0 Å². The standard InChI is InChI=1S/C25H23.C12H7Si.2ClH.Zr/c1-3-9-20-14-15-21-16-22(19-11-5-4-6-12-19)17-24(21)25(20)23-13-8-7-10-18(23)2;1-3-7-11-9(5-1)10-6-2-4-8-12(10)13-11;;;/h4-8,10-17H,3,9H2,1-2H3;1-7H;2*1H;/q2*-1;;;+4/p-2. The molecule has 0 spiro atoms. The van der Waals surface area contributed by atoms with E-state index in [1.807, 2.05) is 6.07 Å². The number of benzene rings is 5. The fraction of sp³-hybridized carbons (Fsp3) is 0.108. The number of aryl methyl sites for hydroxylation is 2. The van der Waals surface area contributed by atoms with E-state index in [0.717, 1.165) is 22.4 Å². The van der Waals surface area contributed by atoms with Crippen molar-refractivity contribution >= 4 is 47.7 Å². The predicted octanol–water partition coefficient (Wildman–Crippen LogP) is 9.65. The van der Waals surface area contributed by atoms with Crippen LogP contribution in [-0.4, -0.2) is 9.52 Å². The van der Waals surface area contributed by atoms with Crippen LogP contribution >= 0.6 is 17.0 Å². The van der Waals surface area contributed by atoms with Gasteiger partial charge in [-0.2, -0.15) is 29.5 Å². The van der Waals surface area contributed by atoms with Gasteiger partial charge in [-0.1, -0.05) is 120 Å². The topological polar surface area (TPSA) is 0 Å². The quantitative estimate of drug-likeness (QED) is 0.130. The van der Waals surface area contributed by atoms with E-state index in [-0.39, 0.29) is 0 Å². The normalized spacial score (nSPS) is 10.9. The van der Waals surface area contributed by atoms with Crippen molar-refractivity contribution in [1.29, 1.82) is 0 Å². The molecule has 1 aliphatic heterocycles. The zero-order valence-electron chi connectivity index (χ0n) is 23.2. The molecule has 0 nitrogen and oxygen atoms in total. The van der Waals surface area contributed by atoms with Gasteiger partial charge in [-0.3, -0.25) is 0 Å². The van der Waals surface area contributed by atoms with E-state index in [1.165, 1.54) is 65.7 Å². The summed E-state index contributed by atoms with van der Waals surface area (Å²) in [5.41, 5.74) is 10.9. The summed E-state index contributed by atoms with van der Waals surface area (Å²) in [6.45, 7) is 4.47. The second-order valence-corrected chi connectivity index (χ2v) is 15.0. The summed E-state index contributed by atoms with van der Waals surface area (Å²) < 4.78 is 0. The Hall–Kier alpha value is -2.61. The second-order valence-electron chi connectivity index (χ2n) is 9.98. The third-order valence-electron chi connectivity index (χ3n) is 7.35. The molecule has 0 unspecified atom stereocenters. The van der Waals surface area contributed by atoms with E-state index in [1.54, 1.807) is 0 Å². The number of fused-ring (bicyclic) bond motifs is 4. The van der Waals surface area contributed by atoms with Crippen LogP contribution in [0.15, 0.2) is 121 Å². The molecule has 0 saturated heterocycles. The molecule has 0 fully saturated rings. The summed E-state index contributed by atoms with van der Waals surface area (Å²) in [6.07, 6.45) is 2.28. The molecule has 2 radical (unpaired) electrons. The van der Waals surface area contributed by atoms with Crippen LogP contribution in [0.2, 0.25) is 0 Å². The third kappa shape index (κ3) is 6.90. The SMILES string of the molecule is CCCc1ccc2[cH-]c(-c3ccccc3)cc2c1-c1ccccc1C.[Cl][Zr+2][Cl].[c-]1cccc2c1[Si]c1ccccc1-2. The van der Waals surface area contributed by atoms with Crippen LogP contribution in [0.25, 0.3) is 44.2 Å². The first kappa shape index (κ1) is 29.9. The monoisotopic (exact) mass is 662 g/mol. The van der Waals surface area contributed by atoms with Crippen molar-refractivity contribution in [2.75, 3.05) is 0 Å². The summed E-state index contributed by atoms with van der Waals surface area (Å²) in [5.74, 6) is 0. The Morgan fingerprint density at radius 2 is 1.46 bits per heavy atom. The number of hydrogen-bond donors (Lipinski definition) is 0. The molecule has 0 aliphatic carbocycles. The maximum atomic E-state index is 4.93. The van der Waals surface area contributed by atoms with Gasteiger partial charge < -0.3 is 0 Å². The van der Waals surface area contributed by atoms with Gasteiger partial charge in [0.25, 0.3) is 0 Å². The Morgan fingerprint density at radius 3 is 2.22 bits per heavy atom. The summed E-state index contributed by atoms with van der Waals surface area (Å²) in [6, 6.07) is 46.9. The van der Waals surface area contributed by atoms with E-state index in [9.17, 15) is 0 Å². The average Bonchev–Trinajstić information content (AvgIpc) is 3.61. The van der Waals surface area contributed by atoms with Crippen molar-refractivity contribution in [3.05, 3.63) is 139 Å². The van der Waals surface area contributed by atoms with Gasteiger partial charge in [0.05, 0.1) is 9.52 Å². The molecule has 0 atom stereocenters. The van der Waals surface area contributed by atoms with Gasteiger partial charge in [0, 0.05) is 0 Å². The van der Waals surface area contributed by atoms with Gasteiger partial charge in [0.1, 0.15) is 0 Å². The maximum absolute atomic E-state index is 4.93. The number of hydrogen-bond acceptors (Lipinski definition) is 0. The minimum atomic E-state index is -0.826. The van der Waals surface area contributed by atoms with Crippen molar-refractivity contribution in [2.24, 2.45) is 0 Å². The van der Waals surface area contributed by atoms with Crippen LogP contribution in [0, 0.1) is 13.0 Å². The van der Waals surface area contributed by atoms with Crippen molar-refractivity contribution in [3.63, 3.8) is 0 Å². The zero-order chi connectivity index (χ0) is 28.6. The van der Waals surface area contributed by atoms with E-state index in [2.05, 4.69) is 135 Å². The zero-order valence-corrected chi connectivity index (χ0v) is 28.2. The fourth-order valence-corrected chi connectivity index (χ4v) is 6.81. The Morgan fingerprint density at radius 1 is 0.780 bits per heavy atom. The fourth-order valence-electron chi connectivity index (χ4n) is 5.50. The molecule has 4 heteroatoms. The minimum absolute atomic E-state index is 0.795. The van der Waals surface area contributed by atoms with E-state index < -0.39 is 20.8 Å². The summed E-state index contributed by atoms with van der Waals surface area (Å²) in [4.78, 5) is 0. The van der Waals surface area contributed by atoms with Crippen LogP contribution in [0.5, 0.6) is 0 Å². The van der Waals surface area contributed by atoms with E-state index >= 15 is 0 Å². The van der Waals surface area contributed by atoms with Gasteiger partial charge >= 0.3 is 37.9 Å². The van der Waals surface area contributed by atoms with Gasteiger partial charge in [-0.15, -0.1) is 40.1 Å². The Balaban J connectivity index is 0.000000175. The molecular weight excluding hydrogens is 635 g/mol. The van der Waals surface area contributed by atoms with Crippen molar-refractivity contribution in [2.45, 2.75) is 26.7 Å². The van der Waals surface area contributed by atoms with E-state index in [4.69, 9.17) is 17.0 Å². The Bertz CT molecular complexity index is 1700. The van der Waals surface area contributed by atoms with Crippen LogP contribution in [0.3, 0.4) is 0 Å². The van der Waals surface area contributed by atoms with Gasteiger partial charge in [0.15, 0.2) is 0 Å². The maximum Gasteiger partial charge on any atom is 0.0920 e. The Labute approximate surface area is 265 Å². The largest absolute Gasteiger partial charge is 0.184 e. The number of halogens is 2. The van der Waals surface area contributed by atoms with Gasteiger partial charge in [0.2, 0.25) is 0 Å². The first-order valence-electron chi connectivity index (χ1n) is 13.8. The minimum Gasteiger partial charge on any atom is -0.184 e. The van der Waals surface area contributed by atoms with Gasteiger partial charge in [-0.05, 0) is 30.0 Å². The summed E-state index contributed by atoms with van der Waals surface area (Å²) in [7, 11) is 10.7. The molecule has 7 rings (SSSR count). The van der Waals surface area contributed by atoms with Crippen LogP contribution in [0.1, 0.15) is 24.5 Å². The molecule has 0 N–H and O–H groups in total. The van der Waals surface area contributed by atoms with Crippen molar-refractivity contribution in [1.82, 2.24) is 0 Å². The van der Waals surface area contributed by atoms with Crippen LogP contribution in [0.4, 0.5) is 0 Å².